The number of hydrogen-bond donors (Lipinski definition) is 3. The van der Waals surface area contributed by atoms with Crippen molar-refractivity contribution in [3.8, 4) is 11.3 Å². The Morgan fingerprint density at radius 3 is 2.71 bits per heavy atom. The second-order valence-corrected chi connectivity index (χ2v) is 7.33. The smallest absolute Gasteiger partial charge is 0.328 e. The molecular weight excluding hydrogens is 404 g/mol. The summed E-state index contributed by atoms with van der Waals surface area (Å²) in [6, 6.07) is 9.34. The van der Waals surface area contributed by atoms with E-state index in [0.29, 0.717) is 22.4 Å². The Labute approximate surface area is 177 Å². The Morgan fingerprint density at radius 2 is 2.00 bits per heavy atom. The van der Waals surface area contributed by atoms with Crippen molar-refractivity contribution < 1.29 is 18.7 Å². The zero-order chi connectivity index (χ0) is 22.1. The van der Waals surface area contributed by atoms with E-state index >= 15 is 0 Å². The molecule has 2 aromatic carbocycles. The molecule has 0 fully saturated rings. The summed E-state index contributed by atoms with van der Waals surface area (Å²) >= 11 is 0. The molecule has 2 heterocycles. The zero-order valence-corrected chi connectivity index (χ0v) is 17.0. The summed E-state index contributed by atoms with van der Waals surface area (Å²) in [5.41, 5.74) is 2.40. The average molecular weight is 425 g/mol. The number of aliphatic hydroxyl groups is 1. The van der Waals surface area contributed by atoms with E-state index in [9.17, 15) is 18.7 Å². The quantitative estimate of drug-likeness (QED) is 0.577. The molecular formula is C22H21F2N5O2. The number of para-hydroxylation sites is 1. The minimum Gasteiger partial charge on any atom is -0.394 e. The normalized spacial score (nSPS) is 14.1. The number of anilines is 3. The minimum atomic E-state index is -0.582. The fourth-order valence-corrected chi connectivity index (χ4v) is 3.46. The molecule has 0 saturated heterocycles. The first-order chi connectivity index (χ1) is 14.9. The summed E-state index contributed by atoms with van der Waals surface area (Å²) in [6.45, 7) is 3.46. The number of amides is 2. The molecule has 7 nitrogen and oxygen atoms in total. The van der Waals surface area contributed by atoms with Gasteiger partial charge in [0.25, 0.3) is 0 Å². The van der Waals surface area contributed by atoms with Crippen LogP contribution in [0.3, 0.4) is 0 Å². The second-order valence-electron chi connectivity index (χ2n) is 7.33. The molecule has 9 heteroatoms. The van der Waals surface area contributed by atoms with E-state index in [1.807, 2.05) is 0 Å². The summed E-state index contributed by atoms with van der Waals surface area (Å²) in [7, 11) is 0. The van der Waals surface area contributed by atoms with Gasteiger partial charge in [0.2, 0.25) is 5.95 Å². The van der Waals surface area contributed by atoms with Crippen molar-refractivity contribution in [1.82, 2.24) is 15.3 Å². The molecule has 4 rings (SSSR count). The predicted octanol–water partition coefficient (Wildman–Crippen LogP) is 3.88. The predicted molar refractivity (Wildman–Crippen MR) is 113 cm³/mol. The monoisotopic (exact) mass is 425 g/mol. The van der Waals surface area contributed by atoms with Crippen LogP contribution in [0.5, 0.6) is 0 Å². The second kappa shape index (κ2) is 8.27. The number of nitrogens with zero attached hydrogens (tertiary/aromatic N) is 3. The van der Waals surface area contributed by atoms with E-state index in [2.05, 4.69) is 20.6 Å². The summed E-state index contributed by atoms with van der Waals surface area (Å²) in [5.74, 6) is -0.579. The fourth-order valence-electron chi connectivity index (χ4n) is 3.46. The van der Waals surface area contributed by atoms with Crippen LogP contribution in [-0.4, -0.2) is 33.8 Å². The average Bonchev–Trinajstić information content (AvgIpc) is 2.74. The first-order valence-corrected chi connectivity index (χ1v) is 9.76. The maximum absolute atomic E-state index is 14.6. The van der Waals surface area contributed by atoms with Gasteiger partial charge in [-0.3, -0.25) is 0 Å². The van der Waals surface area contributed by atoms with Gasteiger partial charge in [0, 0.05) is 17.2 Å². The lowest BCUT2D eigenvalue weighted by atomic mass is 10.00. The molecule has 0 radical (unpaired) electrons. The highest BCUT2D eigenvalue weighted by Crippen LogP contribution is 2.38. The number of halogens is 2. The van der Waals surface area contributed by atoms with Gasteiger partial charge < -0.3 is 15.7 Å². The lowest BCUT2D eigenvalue weighted by Crippen LogP contribution is -2.42. The Hall–Kier alpha value is -3.59. The largest absolute Gasteiger partial charge is 0.394 e. The highest BCUT2D eigenvalue weighted by atomic mass is 19.1. The molecule has 1 aliphatic heterocycles. The van der Waals surface area contributed by atoms with Crippen LogP contribution in [0.4, 0.5) is 31.0 Å². The van der Waals surface area contributed by atoms with Gasteiger partial charge >= 0.3 is 6.03 Å². The fraction of sp³-hybridized carbons (Fsp3) is 0.227. The van der Waals surface area contributed by atoms with Crippen LogP contribution in [0.25, 0.3) is 11.3 Å². The molecule has 3 aromatic rings. The number of carbonyl (C=O) groups is 1. The Kier molecular flexibility index (Phi) is 5.51. The topological polar surface area (TPSA) is 90.4 Å². The van der Waals surface area contributed by atoms with E-state index in [0.717, 1.165) is 4.90 Å². The standard InChI is InChI=1S/C22H21F2N5O2/c1-12-9-14(23)7-8-15(12)19-16-10-25-22(31)29(18-6-4-3-5-17(18)24)20(16)28-21(27-19)26-13(2)11-30/h3-9,13,30H,10-11H2,1-2H3,(H,25,31)(H,26,27,28)/t13-/m0/s1. The maximum Gasteiger partial charge on any atom is 0.328 e. The van der Waals surface area contributed by atoms with Gasteiger partial charge in [0.1, 0.15) is 11.6 Å². The third-order valence-corrected chi connectivity index (χ3v) is 5.00. The molecule has 0 saturated carbocycles. The minimum absolute atomic E-state index is 0.0441. The number of urea groups is 1. The summed E-state index contributed by atoms with van der Waals surface area (Å²) in [4.78, 5) is 23.0. The molecule has 2 amide bonds. The molecule has 0 unspecified atom stereocenters. The molecule has 31 heavy (non-hydrogen) atoms. The first-order valence-electron chi connectivity index (χ1n) is 9.76. The van der Waals surface area contributed by atoms with Crippen LogP contribution in [0, 0.1) is 18.6 Å². The van der Waals surface area contributed by atoms with E-state index in [4.69, 9.17) is 0 Å². The lowest BCUT2D eigenvalue weighted by Gasteiger charge is -2.31. The van der Waals surface area contributed by atoms with Crippen molar-refractivity contribution in [1.29, 1.82) is 0 Å². The van der Waals surface area contributed by atoms with Gasteiger partial charge in [-0.15, -0.1) is 0 Å². The van der Waals surface area contributed by atoms with Crippen molar-refractivity contribution in [2.45, 2.75) is 26.4 Å². The number of fused-ring (bicyclic) bond motifs is 1. The highest BCUT2D eigenvalue weighted by molar-refractivity contribution is 6.02. The zero-order valence-electron chi connectivity index (χ0n) is 17.0. The molecule has 1 aliphatic rings. The summed E-state index contributed by atoms with van der Waals surface area (Å²) in [6.07, 6.45) is 0. The highest BCUT2D eigenvalue weighted by Gasteiger charge is 2.32. The third-order valence-electron chi connectivity index (χ3n) is 5.00. The summed E-state index contributed by atoms with van der Waals surface area (Å²) in [5, 5.41) is 15.1. The third kappa shape index (κ3) is 3.91. The lowest BCUT2D eigenvalue weighted by molar-refractivity contribution is 0.246. The van der Waals surface area contributed by atoms with Crippen molar-refractivity contribution in [3.05, 3.63) is 65.2 Å². The number of rotatable bonds is 5. The number of nitrogens with one attached hydrogen (secondary N) is 2. The number of benzene rings is 2. The van der Waals surface area contributed by atoms with Crippen molar-refractivity contribution in [3.63, 3.8) is 0 Å². The SMILES string of the molecule is Cc1cc(F)ccc1-c1nc(N[C@@H](C)CO)nc2c1CNC(=O)N2c1ccccc1F. The Morgan fingerprint density at radius 1 is 1.23 bits per heavy atom. The Bertz CT molecular complexity index is 1150. The maximum atomic E-state index is 14.6. The van der Waals surface area contributed by atoms with Crippen LogP contribution >= 0.6 is 0 Å². The van der Waals surface area contributed by atoms with Gasteiger partial charge in [-0.25, -0.2) is 23.5 Å². The Balaban J connectivity index is 1.96. The van der Waals surface area contributed by atoms with Crippen molar-refractivity contribution in [2.24, 2.45) is 0 Å². The number of carbonyl (C=O) groups excluding carboxylic acids is 1. The van der Waals surface area contributed by atoms with Gasteiger partial charge in [0.05, 0.1) is 24.5 Å². The number of aryl methyl sites for hydroxylation is 1. The van der Waals surface area contributed by atoms with Crippen molar-refractivity contribution in [2.75, 3.05) is 16.8 Å². The van der Waals surface area contributed by atoms with E-state index in [1.165, 1.54) is 30.3 Å². The molecule has 1 atom stereocenters. The molecule has 1 aromatic heterocycles. The molecule has 0 spiro atoms. The van der Waals surface area contributed by atoms with E-state index in [1.54, 1.807) is 26.0 Å². The van der Waals surface area contributed by atoms with Crippen LogP contribution in [0.1, 0.15) is 18.1 Å². The number of hydrogen-bond acceptors (Lipinski definition) is 5. The molecule has 0 aliphatic carbocycles. The molecule has 3 N–H and O–H groups in total. The van der Waals surface area contributed by atoms with Gasteiger partial charge in [0.15, 0.2) is 5.82 Å². The van der Waals surface area contributed by atoms with Crippen LogP contribution in [0.2, 0.25) is 0 Å². The van der Waals surface area contributed by atoms with Crippen molar-refractivity contribution >= 4 is 23.5 Å². The van der Waals surface area contributed by atoms with Crippen LogP contribution < -0.4 is 15.5 Å². The van der Waals surface area contributed by atoms with Gasteiger partial charge in [-0.2, -0.15) is 4.98 Å². The van der Waals surface area contributed by atoms with E-state index in [-0.39, 0.29) is 42.5 Å². The molecule has 160 valence electrons. The first kappa shape index (κ1) is 20.7. The number of aromatic nitrogens is 2. The van der Waals surface area contributed by atoms with Crippen LogP contribution in [-0.2, 0) is 6.54 Å². The number of aliphatic hydroxyl groups excluding tert-OH is 1. The van der Waals surface area contributed by atoms with E-state index < -0.39 is 11.8 Å². The van der Waals surface area contributed by atoms with Gasteiger partial charge in [-0.05, 0) is 49.7 Å². The van der Waals surface area contributed by atoms with Gasteiger partial charge in [-0.1, -0.05) is 12.1 Å². The summed E-state index contributed by atoms with van der Waals surface area (Å²) < 4.78 is 28.3. The van der Waals surface area contributed by atoms with Crippen LogP contribution in [0.15, 0.2) is 42.5 Å². The molecule has 0 bridgehead atoms.